The molecule has 1 aliphatic rings. The molecule has 1 fully saturated rings. The quantitative estimate of drug-likeness (QED) is 0.531. The van der Waals surface area contributed by atoms with E-state index < -0.39 is 0 Å². The summed E-state index contributed by atoms with van der Waals surface area (Å²) in [5, 5.41) is 3.24. The Bertz CT molecular complexity index is 106. The van der Waals surface area contributed by atoms with Gasteiger partial charge in [0.1, 0.15) is 0 Å². The van der Waals surface area contributed by atoms with Crippen LogP contribution in [0.5, 0.6) is 0 Å². The summed E-state index contributed by atoms with van der Waals surface area (Å²) in [7, 11) is 0. The van der Waals surface area contributed by atoms with Gasteiger partial charge in [0, 0.05) is 6.54 Å². The average Bonchev–Trinajstić information content (AvgIpc) is 2.19. The Hall–Kier alpha value is -0.560. The molecule has 0 aromatic carbocycles. The van der Waals surface area contributed by atoms with Crippen LogP contribution in [0.3, 0.4) is 0 Å². The molecule has 1 heterocycles. The van der Waals surface area contributed by atoms with Gasteiger partial charge in [-0.1, -0.05) is 24.3 Å². The van der Waals surface area contributed by atoms with Gasteiger partial charge in [-0.3, -0.25) is 0 Å². The van der Waals surface area contributed by atoms with Crippen LogP contribution in [-0.2, 0) is 0 Å². The van der Waals surface area contributed by atoms with Crippen molar-refractivity contribution in [1.82, 2.24) is 5.32 Å². The second kappa shape index (κ2) is 2.68. The van der Waals surface area contributed by atoms with E-state index in [0.29, 0.717) is 0 Å². The van der Waals surface area contributed by atoms with Crippen molar-refractivity contribution in [3.63, 3.8) is 0 Å². The van der Waals surface area contributed by atoms with Gasteiger partial charge in [0.15, 0.2) is 0 Å². The molecule has 0 aromatic heterocycles. The third-order valence-electron chi connectivity index (χ3n) is 1.33. The van der Waals surface area contributed by atoms with Gasteiger partial charge < -0.3 is 5.32 Å². The molecule has 44 valence electrons. The summed E-state index contributed by atoms with van der Waals surface area (Å²) in [5.41, 5.74) is 1.47. The van der Waals surface area contributed by atoms with Gasteiger partial charge >= 0.3 is 0 Å². The first-order valence-electron chi connectivity index (χ1n) is 2.94. The molecule has 0 saturated carbocycles. The predicted octanol–water partition coefficient (Wildman–Crippen LogP) is 1.09. The fourth-order valence-corrected chi connectivity index (χ4v) is 0.895. The van der Waals surface area contributed by atoms with E-state index in [9.17, 15) is 0 Å². The van der Waals surface area contributed by atoms with Gasteiger partial charge in [-0.25, -0.2) is 0 Å². The third kappa shape index (κ3) is 1.20. The Labute approximate surface area is 50.1 Å². The van der Waals surface area contributed by atoms with Crippen LogP contribution in [0.1, 0.15) is 6.42 Å². The van der Waals surface area contributed by atoms with Gasteiger partial charge in [-0.2, -0.15) is 0 Å². The summed E-state index contributed by atoms with van der Waals surface area (Å²) in [6, 6.07) is 0. The molecule has 0 aliphatic carbocycles. The zero-order chi connectivity index (χ0) is 5.82. The number of hydrogen-bond donors (Lipinski definition) is 1. The van der Waals surface area contributed by atoms with Gasteiger partial charge in [-0.05, 0) is 13.0 Å². The van der Waals surface area contributed by atoms with Crippen molar-refractivity contribution in [2.24, 2.45) is 0 Å². The van der Waals surface area contributed by atoms with E-state index in [-0.39, 0.29) is 0 Å². The highest BCUT2D eigenvalue weighted by molar-refractivity contribution is 5.14. The lowest BCUT2D eigenvalue weighted by Gasteiger charge is -1.86. The average molecular weight is 109 g/mol. The lowest BCUT2D eigenvalue weighted by atomic mass is 10.2. The summed E-state index contributed by atoms with van der Waals surface area (Å²) in [4.78, 5) is 0. The highest BCUT2D eigenvalue weighted by Crippen LogP contribution is 2.04. The Morgan fingerprint density at radius 2 is 2.50 bits per heavy atom. The number of hydrogen-bond acceptors (Lipinski definition) is 1. The Kier molecular flexibility index (Phi) is 1.86. The minimum absolute atomic E-state index is 1.06. The molecule has 0 atom stereocenters. The minimum atomic E-state index is 1.06. The maximum Gasteiger partial charge on any atom is 0.0168 e. The highest BCUT2D eigenvalue weighted by Gasteiger charge is 2.01. The van der Waals surface area contributed by atoms with E-state index in [0.717, 1.165) is 13.1 Å². The van der Waals surface area contributed by atoms with Gasteiger partial charge in [0.25, 0.3) is 0 Å². The number of nitrogens with one attached hydrogen (secondary N) is 1. The Balaban J connectivity index is 2.44. The van der Waals surface area contributed by atoms with E-state index in [1.807, 2.05) is 6.08 Å². The molecular weight excluding hydrogens is 98.1 g/mol. The normalized spacial score (nSPS) is 24.2. The van der Waals surface area contributed by atoms with E-state index in [4.69, 9.17) is 0 Å². The molecule has 1 nitrogen and oxygen atoms in total. The zero-order valence-electron chi connectivity index (χ0n) is 4.98. The fraction of sp³-hybridized carbons (Fsp3) is 0.429. The summed E-state index contributed by atoms with van der Waals surface area (Å²) in [6.07, 6.45) is 5.13. The van der Waals surface area contributed by atoms with Crippen molar-refractivity contribution in [3.8, 4) is 0 Å². The van der Waals surface area contributed by atoms with E-state index >= 15 is 0 Å². The topological polar surface area (TPSA) is 12.0 Å². The van der Waals surface area contributed by atoms with Crippen LogP contribution in [0, 0.1) is 0 Å². The molecule has 0 aromatic rings. The highest BCUT2D eigenvalue weighted by atomic mass is 14.9. The second-order valence-electron chi connectivity index (χ2n) is 1.99. The second-order valence-corrected chi connectivity index (χ2v) is 1.99. The van der Waals surface area contributed by atoms with Gasteiger partial charge in [-0.15, -0.1) is 0 Å². The standard InChI is InChI=1S/C7H11N/c1-2-3-7-4-5-8-6-7/h2-3,8H,1,4-6H2/b7-3-. The zero-order valence-corrected chi connectivity index (χ0v) is 4.98. The van der Waals surface area contributed by atoms with Crippen LogP contribution >= 0.6 is 0 Å². The summed E-state index contributed by atoms with van der Waals surface area (Å²) in [5.74, 6) is 0. The van der Waals surface area contributed by atoms with Crippen molar-refractivity contribution in [1.29, 1.82) is 0 Å². The molecule has 8 heavy (non-hydrogen) atoms. The number of rotatable bonds is 1. The molecule has 1 saturated heterocycles. The molecule has 1 rings (SSSR count). The fourth-order valence-electron chi connectivity index (χ4n) is 0.895. The van der Waals surface area contributed by atoms with Gasteiger partial charge in [0.05, 0.1) is 0 Å². The van der Waals surface area contributed by atoms with Crippen LogP contribution in [0.25, 0.3) is 0 Å². The smallest absolute Gasteiger partial charge is 0.0168 e. The summed E-state index contributed by atoms with van der Waals surface area (Å²) in [6.45, 7) is 5.82. The van der Waals surface area contributed by atoms with Crippen LogP contribution in [-0.4, -0.2) is 13.1 Å². The lowest BCUT2D eigenvalue weighted by molar-refractivity contribution is 0.862. The molecule has 1 N–H and O–H groups in total. The van der Waals surface area contributed by atoms with E-state index in [2.05, 4.69) is 18.0 Å². The third-order valence-corrected chi connectivity index (χ3v) is 1.33. The van der Waals surface area contributed by atoms with Crippen LogP contribution in [0.15, 0.2) is 24.3 Å². The maximum atomic E-state index is 3.62. The van der Waals surface area contributed by atoms with E-state index in [1.54, 1.807) is 0 Å². The van der Waals surface area contributed by atoms with Crippen molar-refractivity contribution >= 4 is 0 Å². The first-order chi connectivity index (χ1) is 3.93. The molecule has 0 unspecified atom stereocenters. The minimum Gasteiger partial charge on any atom is -0.313 e. The summed E-state index contributed by atoms with van der Waals surface area (Å²) < 4.78 is 0. The number of allylic oxidation sites excluding steroid dienone is 2. The van der Waals surface area contributed by atoms with Crippen LogP contribution in [0.4, 0.5) is 0 Å². The Morgan fingerprint density at radius 1 is 1.62 bits per heavy atom. The molecule has 1 heteroatoms. The van der Waals surface area contributed by atoms with Crippen molar-refractivity contribution in [2.45, 2.75) is 6.42 Å². The molecule has 0 bridgehead atoms. The molecule has 0 radical (unpaired) electrons. The van der Waals surface area contributed by atoms with Gasteiger partial charge in [0.2, 0.25) is 0 Å². The Morgan fingerprint density at radius 3 is 3.00 bits per heavy atom. The molecule has 1 aliphatic heterocycles. The van der Waals surface area contributed by atoms with Crippen LogP contribution < -0.4 is 5.32 Å². The molecule has 0 spiro atoms. The molecular formula is C7H11N. The van der Waals surface area contributed by atoms with Crippen molar-refractivity contribution < 1.29 is 0 Å². The summed E-state index contributed by atoms with van der Waals surface area (Å²) >= 11 is 0. The molecule has 0 amide bonds. The predicted molar refractivity (Wildman–Crippen MR) is 35.8 cm³/mol. The monoisotopic (exact) mass is 109 g/mol. The van der Waals surface area contributed by atoms with E-state index in [1.165, 1.54) is 12.0 Å². The first kappa shape index (κ1) is 5.57. The van der Waals surface area contributed by atoms with Crippen LogP contribution in [0.2, 0.25) is 0 Å². The van der Waals surface area contributed by atoms with Crippen molar-refractivity contribution in [3.05, 3.63) is 24.3 Å². The van der Waals surface area contributed by atoms with Crippen molar-refractivity contribution in [2.75, 3.05) is 13.1 Å². The SMILES string of the molecule is C=C/C=C1/CCNC1. The lowest BCUT2D eigenvalue weighted by Crippen LogP contribution is -2.04. The first-order valence-corrected chi connectivity index (χ1v) is 2.94. The largest absolute Gasteiger partial charge is 0.313 e. The maximum absolute atomic E-state index is 3.62.